The summed E-state index contributed by atoms with van der Waals surface area (Å²) >= 11 is 0. The fourth-order valence-electron chi connectivity index (χ4n) is 4.35. The summed E-state index contributed by atoms with van der Waals surface area (Å²) in [5.74, 6) is 2.18. The molecule has 1 N–H and O–H groups in total. The number of para-hydroxylation sites is 1. The molecule has 1 saturated heterocycles. The van der Waals surface area contributed by atoms with Gasteiger partial charge in [0.2, 0.25) is 0 Å². The zero-order valence-electron chi connectivity index (χ0n) is 19.1. The minimum Gasteiger partial charge on any atom is -0.487 e. The number of urea groups is 1. The van der Waals surface area contributed by atoms with Gasteiger partial charge in [-0.1, -0.05) is 23.4 Å². The number of aryl methyl sites for hydroxylation is 1. The highest BCUT2D eigenvalue weighted by molar-refractivity contribution is 5.90. The van der Waals surface area contributed by atoms with E-state index < -0.39 is 0 Å². The molecule has 2 amide bonds. The first-order chi connectivity index (χ1) is 16.7. The van der Waals surface area contributed by atoms with Crippen molar-refractivity contribution in [3.05, 3.63) is 60.4 Å². The third-order valence-corrected chi connectivity index (χ3v) is 6.09. The van der Waals surface area contributed by atoms with E-state index in [9.17, 15) is 4.79 Å². The molecule has 1 aromatic heterocycles. The van der Waals surface area contributed by atoms with E-state index in [0.29, 0.717) is 43.6 Å². The van der Waals surface area contributed by atoms with Gasteiger partial charge in [-0.25, -0.2) is 4.79 Å². The number of hydrogen-bond donors (Lipinski definition) is 1. The topological polar surface area (TPSA) is 90.7 Å². The van der Waals surface area contributed by atoms with Crippen LogP contribution in [0, 0.1) is 0 Å². The van der Waals surface area contributed by atoms with Gasteiger partial charge in [0.1, 0.15) is 31.3 Å². The van der Waals surface area contributed by atoms with Crippen molar-refractivity contribution in [2.45, 2.75) is 44.9 Å². The summed E-state index contributed by atoms with van der Waals surface area (Å²) in [6.45, 7) is 2.87. The van der Waals surface area contributed by atoms with Crippen LogP contribution in [0.1, 0.15) is 31.4 Å². The number of aromatic nitrogens is 3. The summed E-state index contributed by atoms with van der Waals surface area (Å²) in [7, 11) is 0. The van der Waals surface area contributed by atoms with Crippen molar-refractivity contribution in [2.24, 2.45) is 0 Å². The molecule has 0 saturated carbocycles. The Labute approximate surface area is 198 Å². The van der Waals surface area contributed by atoms with E-state index in [1.54, 1.807) is 0 Å². The molecule has 2 aliphatic heterocycles. The smallest absolute Gasteiger partial charge is 0.322 e. The van der Waals surface area contributed by atoms with Crippen molar-refractivity contribution in [3.63, 3.8) is 0 Å². The van der Waals surface area contributed by atoms with Crippen molar-refractivity contribution >= 4 is 11.7 Å². The van der Waals surface area contributed by atoms with Crippen LogP contribution in [-0.4, -0.2) is 51.7 Å². The number of piperidine rings is 1. The van der Waals surface area contributed by atoms with Gasteiger partial charge in [0.25, 0.3) is 0 Å². The number of hydrogen-bond acceptors (Lipinski definition) is 6. The summed E-state index contributed by atoms with van der Waals surface area (Å²) in [6.07, 6.45) is 5.83. The highest BCUT2D eigenvalue weighted by Crippen LogP contribution is 2.33. The van der Waals surface area contributed by atoms with Gasteiger partial charge in [-0.15, -0.1) is 5.10 Å². The Morgan fingerprint density at radius 2 is 1.94 bits per heavy atom. The first-order valence-corrected chi connectivity index (χ1v) is 11.8. The molecule has 0 bridgehead atoms. The average molecular weight is 464 g/mol. The van der Waals surface area contributed by atoms with Crippen LogP contribution >= 0.6 is 0 Å². The summed E-state index contributed by atoms with van der Waals surface area (Å²) in [6, 6.07) is 15.2. The van der Waals surface area contributed by atoms with Crippen molar-refractivity contribution in [2.75, 3.05) is 25.1 Å². The largest absolute Gasteiger partial charge is 0.487 e. The second kappa shape index (κ2) is 10.5. The second-order valence-corrected chi connectivity index (χ2v) is 8.49. The number of nitrogens with one attached hydrogen (secondary N) is 1. The van der Waals surface area contributed by atoms with Crippen molar-refractivity contribution in [3.8, 4) is 17.2 Å². The third kappa shape index (κ3) is 5.41. The number of anilines is 1. The minimum atomic E-state index is -0.0862. The standard InChI is InChI=1S/C25H29N5O4/c31-25(26-19-9-10-23-24(16-19)33-15-14-32-23)30-12-5-4-6-21(30)11-13-29-17-20(27-28-29)18-34-22-7-2-1-3-8-22/h1-3,7-10,16-17,21H,4-6,11-15,18H2,(H,26,31). The van der Waals surface area contributed by atoms with Crippen LogP contribution in [0.3, 0.4) is 0 Å². The van der Waals surface area contributed by atoms with Crippen LogP contribution in [0.15, 0.2) is 54.7 Å². The Morgan fingerprint density at radius 1 is 1.09 bits per heavy atom. The lowest BCUT2D eigenvalue weighted by Crippen LogP contribution is -2.46. The van der Waals surface area contributed by atoms with Gasteiger partial charge in [0.15, 0.2) is 11.5 Å². The second-order valence-electron chi connectivity index (χ2n) is 8.49. The van der Waals surface area contributed by atoms with Gasteiger partial charge in [-0.2, -0.15) is 0 Å². The van der Waals surface area contributed by atoms with Crippen LogP contribution in [0.4, 0.5) is 10.5 Å². The van der Waals surface area contributed by atoms with E-state index in [1.165, 1.54) is 0 Å². The monoisotopic (exact) mass is 463 g/mol. The number of rotatable bonds is 7. The number of likely N-dealkylation sites (tertiary alicyclic amines) is 1. The van der Waals surface area contributed by atoms with Gasteiger partial charge in [-0.3, -0.25) is 4.68 Å². The van der Waals surface area contributed by atoms with Crippen molar-refractivity contribution in [1.29, 1.82) is 0 Å². The maximum atomic E-state index is 13.1. The maximum Gasteiger partial charge on any atom is 0.322 e. The SMILES string of the molecule is O=C(Nc1ccc2c(c1)OCCO2)N1CCCCC1CCn1cc(COc2ccccc2)nn1. The Kier molecular flexibility index (Phi) is 6.78. The molecule has 2 aromatic carbocycles. The van der Waals surface area contributed by atoms with Gasteiger partial charge in [-0.05, 0) is 49.9 Å². The predicted octanol–water partition coefficient (Wildman–Crippen LogP) is 4.11. The van der Waals surface area contributed by atoms with Gasteiger partial charge >= 0.3 is 6.03 Å². The number of carbonyl (C=O) groups is 1. The molecule has 1 atom stereocenters. The van der Waals surface area contributed by atoms with E-state index in [2.05, 4.69) is 15.6 Å². The highest BCUT2D eigenvalue weighted by atomic mass is 16.6. The van der Waals surface area contributed by atoms with Crippen LogP contribution in [0.5, 0.6) is 17.2 Å². The number of amides is 2. The van der Waals surface area contributed by atoms with Crippen LogP contribution in [0.25, 0.3) is 0 Å². The van der Waals surface area contributed by atoms with Crippen molar-refractivity contribution in [1.82, 2.24) is 19.9 Å². The normalized spacial score (nSPS) is 17.3. The molecule has 3 aromatic rings. The Balaban J connectivity index is 1.15. The molecule has 0 aliphatic carbocycles. The molecule has 2 aliphatic rings. The Morgan fingerprint density at radius 3 is 2.82 bits per heavy atom. The molecule has 9 heteroatoms. The summed E-state index contributed by atoms with van der Waals surface area (Å²) in [5.41, 5.74) is 1.48. The first kappa shape index (κ1) is 22.1. The summed E-state index contributed by atoms with van der Waals surface area (Å²) in [4.78, 5) is 15.0. The number of nitrogens with zero attached hydrogens (tertiary/aromatic N) is 4. The predicted molar refractivity (Wildman–Crippen MR) is 126 cm³/mol. The molecule has 34 heavy (non-hydrogen) atoms. The number of carbonyl (C=O) groups excluding carboxylic acids is 1. The van der Waals surface area contributed by atoms with Gasteiger partial charge in [0.05, 0.1) is 6.20 Å². The quantitative estimate of drug-likeness (QED) is 0.567. The lowest BCUT2D eigenvalue weighted by molar-refractivity contribution is 0.154. The Hall–Kier alpha value is -3.75. The zero-order valence-corrected chi connectivity index (χ0v) is 19.1. The Bertz CT molecular complexity index is 1100. The molecule has 3 heterocycles. The van der Waals surface area contributed by atoms with E-state index in [1.807, 2.05) is 64.3 Å². The van der Waals surface area contributed by atoms with Crippen molar-refractivity contribution < 1.29 is 19.0 Å². The number of ether oxygens (including phenoxy) is 3. The lowest BCUT2D eigenvalue weighted by atomic mass is 10.00. The van der Waals surface area contributed by atoms with Gasteiger partial charge in [0, 0.05) is 30.9 Å². The molecular formula is C25H29N5O4. The zero-order chi connectivity index (χ0) is 23.2. The number of benzene rings is 2. The average Bonchev–Trinajstić information content (AvgIpc) is 3.35. The van der Waals surface area contributed by atoms with Crippen LogP contribution in [0.2, 0.25) is 0 Å². The highest BCUT2D eigenvalue weighted by Gasteiger charge is 2.27. The molecule has 0 radical (unpaired) electrons. The fraction of sp³-hybridized carbons (Fsp3) is 0.400. The molecule has 5 rings (SSSR count). The fourth-order valence-corrected chi connectivity index (χ4v) is 4.35. The molecule has 178 valence electrons. The molecule has 1 unspecified atom stereocenters. The van der Waals surface area contributed by atoms with E-state index in [4.69, 9.17) is 14.2 Å². The first-order valence-electron chi connectivity index (χ1n) is 11.8. The summed E-state index contributed by atoms with van der Waals surface area (Å²) in [5, 5.41) is 11.5. The van der Waals surface area contributed by atoms with Gasteiger partial charge < -0.3 is 24.4 Å². The van der Waals surface area contributed by atoms with Crippen LogP contribution in [-0.2, 0) is 13.2 Å². The molecule has 1 fully saturated rings. The molecule has 0 spiro atoms. The van der Waals surface area contributed by atoms with E-state index >= 15 is 0 Å². The molecular weight excluding hydrogens is 434 g/mol. The summed E-state index contributed by atoms with van der Waals surface area (Å²) < 4.78 is 18.8. The van der Waals surface area contributed by atoms with E-state index in [0.717, 1.165) is 43.7 Å². The third-order valence-electron chi connectivity index (χ3n) is 6.09. The minimum absolute atomic E-state index is 0.0862. The van der Waals surface area contributed by atoms with E-state index in [-0.39, 0.29) is 12.1 Å². The maximum absolute atomic E-state index is 13.1. The number of fused-ring (bicyclic) bond motifs is 1. The van der Waals surface area contributed by atoms with Crippen LogP contribution < -0.4 is 19.5 Å². The lowest BCUT2D eigenvalue weighted by Gasteiger charge is -2.35. The molecule has 9 nitrogen and oxygen atoms in total.